The third-order valence-electron chi connectivity index (χ3n) is 3.42. The van der Waals surface area contributed by atoms with Crippen molar-refractivity contribution < 1.29 is 9.53 Å². The number of aromatic amines is 1. The molecule has 102 valence electrons. The number of rotatable bonds is 5. The van der Waals surface area contributed by atoms with Crippen LogP contribution in [0, 0.1) is 5.92 Å². The highest BCUT2D eigenvalue weighted by Gasteiger charge is 2.18. The second-order valence-electron chi connectivity index (χ2n) is 4.98. The summed E-state index contributed by atoms with van der Waals surface area (Å²) in [7, 11) is 1.41. The van der Waals surface area contributed by atoms with Gasteiger partial charge in [-0.3, -0.25) is 4.79 Å². The first kappa shape index (κ1) is 13.6. The maximum atomic E-state index is 11.4. The number of methoxy groups -OCH3 is 1. The Bertz CT molecular complexity index is 562. The molecule has 0 saturated heterocycles. The highest BCUT2D eigenvalue weighted by atomic mass is 16.5. The molecule has 4 nitrogen and oxygen atoms in total. The lowest BCUT2D eigenvalue weighted by Crippen LogP contribution is -2.28. The van der Waals surface area contributed by atoms with E-state index in [1.165, 1.54) is 18.1 Å². The molecule has 0 aliphatic carbocycles. The number of carbonyl (C=O) groups is 1. The van der Waals surface area contributed by atoms with E-state index in [1.807, 2.05) is 31.3 Å². The standard InChI is InChI=1S/C15H20N2O2/c1-10(15(18)19-2)7-12(16)8-11-9-17-14-6-4-3-5-13(11)14/h3-6,9-10,12,17H,7-8,16H2,1-2H3. The van der Waals surface area contributed by atoms with Crippen LogP contribution < -0.4 is 5.73 Å². The van der Waals surface area contributed by atoms with Gasteiger partial charge < -0.3 is 15.5 Å². The van der Waals surface area contributed by atoms with Gasteiger partial charge in [0.2, 0.25) is 0 Å². The topological polar surface area (TPSA) is 68.1 Å². The minimum absolute atomic E-state index is 0.0479. The van der Waals surface area contributed by atoms with E-state index in [0.29, 0.717) is 6.42 Å². The zero-order valence-electron chi connectivity index (χ0n) is 11.3. The van der Waals surface area contributed by atoms with Crippen LogP contribution in [0.1, 0.15) is 18.9 Å². The smallest absolute Gasteiger partial charge is 0.308 e. The minimum atomic E-state index is -0.200. The summed E-state index contributed by atoms with van der Waals surface area (Å²) in [5.41, 5.74) is 8.44. The molecule has 0 aliphatic heterocycles. The maximum Gasteiger partial charge on any atom is 0.308 e. The number of nitrogens with two attached hydrogens (primary N) is 1. The Kier molecular flexibility index (Phi) is 4.22. The lowest BCUT2D eigenvalue weighted by molar-refractivity contribution is -0.145. The van der Waals surface area contributed by atoms with Gasteiger partial charge >= 0.3 is 5.97 Å². The summed E-state index contributed by atoms with van der Waals surface area (Å²) in [4.78, 5) is 14.6. The number of fused-ring (bicyclic) bond motifs is 1. The summed E-state index contributed by atoms with van der Waals surface area (Å²) >= 11 is 0. The first-order valence-corrected chi connectivity index (χ1v) is 6.50. The number of benzene rings is 1. The third-order valence-corrected chi connectivity index (χ3v) is 3.42. The highest BCUT2D eigenvalue weighted by Crippen LogP contribution is 2.20. The van der Waals surface area contributed by atoms with Crippen LogP contribution in [-0.2, 0) is 16.0 Å². The molecule has 19 heavy (non-hydrogen) atoms. The van der Waals surface area contributed by atoms with Crippen molar-refractivity contribution in [1.82, 2.24) is 4.98 Å². The van der Waals surface area contributed by atoms with Crippen molar-refractivity contribution in [2.75, 3.05) is 7.11 Å². The summed E-state index contributed by atoms with van der Waals surface area (Å²) in [5, 5.41) is 1.20. The monoisotopic (exact) mass is 260 g/mol. The molecule has 0 saturated carbocycles. The number of nitrogens with one attached hydrogen (secondary N) is 1. The molecule has 2 atom stereocenters. The molecule has 0 fully saturated rings. The van der Waals surface area contributed by atoms with Crippen LogP contribution in [-0.4, -0.2) is 24.1 Å². The molecule has 0 bridgehead atoms. The second kappa shape index (κ2) is 5.89. The normalized spacial score (nSPS) is 14.3. The van der Waals surface area contributed by atoms with Crippen LogP contribution in [0.5, 0.6) is 0 Å². The van der Waals surface area contributed by atoms with Gasteiger partial charge in [-0.2, -0.15) is 0 Å². The second-order valence-corrected chi connectivity index (χ2v) is 4.98. The number of H-pyrrole nitrogens is 1. The Morgan fingerprint density at radius 3 is 2.89 bits per heavy atom. The minimum Gasteiger partial charge on any atom is -0.469 e. The lowest BCUT2D eigenvalue weighted by Gasteiger charge is -2.15. The van der Waals surface area contributed by atoms with Crippen molar-refractivity contribution in [2.24, 2.45) is 11.7 Å². The van der Waals surface area contributed by atoms with Gasteiger partial charge in [-0.05, 0) is 24.5 Å². The first-order valence-electron chi connectivity index (χ1n) is 6.50. The molecule has 1 heterocycles. The summed E-state index contributed by atoms with van der Waals surface area (Å²) in [6.07, 6.45) is 3.38. The average molecular weight is 260 g/mol. The molecule has 0 amide bonds. The number of esters is 1. The maximum absolute atomic E-state index is 11.4. The fraction of sp³-hybridized carbons (Fsp3) is 0.400. The van der Waals surface area contributed by atoms with Crippen molar-refractivity contribution in [3.63, 3.8) is 0 Å². The van der Waals surface area contributed by atoms with Crippen LogP contribution in [0.15, 0.2) is 30.5 Å². The first-order chi connectivity index (χ1) is 9.11. The Morgan fingerprint density at radius 1 is 1.42 bits per heavy atom. The zero-order chi connectivity index (χ0) is 13.8. The van der Waals surface area contributed by atoms with Gasteiger partial charge in [-0.15, -0.1) is 0 Å². The summed E-state index contributed by atoms with van der Waals surface area (Å²) < 4.78 is 4.72. The van der Waals surface area contributed by atoms with Crippen LogP contribution in [0.25, 0.3) is 10.9 Å². The number of para-hydroxylation sites is 1. The quantitative estimate of drug-likeness (QED) is 0.810. The lowest BCUT2D eigenvalue weighted by atomic mass is 9.97. The Balaban J connectivity index is 2.03. The molecule has 4 heteroatoms. The number of ether oxygens (including phenoxy) is 1. The van der Waals surface area contributed by atoms with E-state index in [-0.39, 0.29) is 17.9 Å². The number of carbonyl (C=O) groups excluding carboxylic acids is 1. The van der Waals surface area contributed by atoms with Gasteiger partial charge in [0, 0.05) is 23.1 Å². The van der Waals surface area contributed by atoms with Gasteiger partial charge in [-0.1, -0.05) is 25.1 Å². The van der Waals surface area contributed by atoms with Crippen molar-refractivity contribution in [3.8, 4) is 0 Å². The largest absolute Gasteiger partial charge is 0.469 e. The van der Waals surface area contributed by atoms with Crippen LogP contribution in [0.3, 0.4) is 0 Å². The number of hydrogen-bond acceptors (Lipinski definition) is 3. The van der Waals surface area contributed by atoms with E-state index in [9.17, 15) is 4.79 Å². The van der Waals surface area contributed by atoms with E-state index in [2.05, 4.69) is 11.1 Å². The van der Waals surface area contributed by atoms with Crippen LogP contribution in [0.4, 0.5) is 0 Å². The number of hydrogen-bond donors (Lipinski definition) is 2. The van der Waals surface area contributed by atoms with Gasteiger partial charge in [0.25, 0.3) is 0 Å². The number of aromatic nitrogens is 1. The van der Waals surface area contributed by atoms with Crippen molar-refractivity contribution in [3.05, 3.63) is 36.0 Å². The molecule has 2 aromatic rings. The van der Waals surface area contributed by atoms with E-state index in [4.69, 9.17) is 10.5 Å². The van der Waals surface area contributed by atoms with Gasteiger partial charge in [0.1, 0.15) is 0 Å². The fourth-order valence-corrected chi connectivity index (χ4v) is 2.42. The molecular formula is C15H20N2O2. The van der Waals surface area contributed by atoms with E-state index >= 15 is 0 Å². The van der Waals surface area contributed by atoms with Gasteiger partial charge in [0.05, 0.1) is 13.0 Å². The van der Waals surface area contributed by atoms with Crippen LogP contribution in [0.2, 0.25) is 0 Å². The van der Waals surface area contributed by atoms with Crippen LogP contribution >= 0.6 is 0 Å². The van der Waals surface area contributed by atoms with E-state index in [1.54, 1.807) is 0 Å². The molecular weight excluding hydrogens is 240 g/mol. The molecule has 1 aromatic heterocycles. The van der Waals surface area contributed by atoms with Crippen molar-refractivity contribution in [2.45, 2.75) is 25.8 Å². The van der Waals surface area contributed by atoms with E-state index in [0.717, 1.165) is 11.9 Å². The molecule has 3 N–H and O–H groups in total. The summed E-state index contributed by atoms with van der Waals surface area (Å²) in [5.74, 6) is -0.361. The molecule has 1 aromatic carbocycles. The fourth-order valence-electron chi connectivity index (χ4n) is 2.42. The Morgan fingerprint density at radius 2 is 2.16 bits per heavy atom. The van der Waals surface area contributed by atoms with Gasteiger partial charge in [0.15, 0.2) is 0 Å². The SMILES string of the molecule is COC(=O)C(C)CC(N)Cc1c[nH]c2ccccc12. The Labute approximate surface area is 112 Å². The molecule has 0 spiro atoms. The molecule has 0 radical (unpaired) electrons. The third kappa shape index (κ3) is 3.15. The molecule has 2 unspecified atom stereocenters. The summed E-state index contributed by atoms with van der Waals surface area (Å²) in [6, 6.07) is 8.09. The highest BCUT2D eigenvalue weighted by molar-refractivity contribution is 5.83. The predicted molar refractivity (Wildman–Crippen MR) is 75.8 cm³/mol. The average Bonchev–Trinajstić information content (AvgIpc) is 2.81. The van der Waals surface area contributed by atoms with Gasteiger partial charge in [-0.25, -0.2) is 0 Å². The van der Waals surface area contributed by atoms with Crippen molar-refractivity contribution >= 4 is 16.9 Å². The zero-order valence-corrected chi connectivity index (χ0v) is 11.3. The molecule has 2 rings (SSSR count). The molecule has 0 aliphatic rings. The predicted octanol–water partition coefficient (Wildman–Crippen LogP) is 2.24. The van der Waals surface area contributed by atoms with E-state index < -0.39 is 0 Å². The van der Waals surface area contributed by atoms with Crippen molar-refractivity contribution in [1.29, 1.82) is 0 Å². The summed E-state index contributed by atoms with van der Waals surface area (Å²) in [6.45, 7) is 1.85. The Hall–Kier alpha value is -1.81.